The standard InChI is InChI=1S/C17H22N6/c1-4-19-17(22(2)12-16-11-21-23(3)13-16)20-10-15-7-5-6-14(8-15)9-18/h5-8,11,13H,4,10,12H2,1-3H3,(H,19,20). The number of aryl methyl sites for hydroxylation is 1. The van der Waals surface area contributed by atoms with Crippen molar-refractivity contribution in [2.75, 3.05) is 13.6 Å². The molecule has 23 heavy (non-hydrogen) atoms. The Morgan fingerprint density at radius 1 is 1.43 bits per heavy atom. The van der Waals surface area contributed by atoms with Crippen LogP contribution in [0.1, 0.15) is 23.6 Å². The lowest BCUT2D eigenvalue weighted by atomic mass is 10.1. The number of rotatable bonds is 5. The van der Waals surface area contributed by atoms with Crippen LogP contribution >= 0.6 is 0 Å². The molecule has 6 nitrogen and oxygen atoms in total. The van der Waals surface area contributed by atoms with Crippen LogP contribution < -0.4 is 5.32 Å². The molecule has 0 atom stereocenters. The van der Waals surface area contributed by atoms with E-state index in [-0.39, 0.29) is 0 Å². The summed E-state index contributed by atoms with van der Waals surface area (Å²) < 4.78 is 1.79. The van der Waals surface area contributed by atoms with Gasteiger partial charge < -0.3 is 10.2 Å². The minimum Gasteiger partial charge on any atom is -0.357 e. The zero-order valence-electron chi connectivity index (χ0n) is 13.8. The predicted molar refractivity (Wildman–Crippen MR) is 90.6 cm³/mol. The molecule has 6 heteroatoms. The molecule has 0 saturated carbocycles. The predicted octanol–water partition coefficient (Wildman–Crippen LogP) is 1.89. The summed E-state index contributed by atoms with van der Waals surface area (Å²) in [5.74, 6) is 0.832. The molecule has 2 aromatic rings. The summed E-state index contributed by atoms with van der Waals surface area (Å²) in [5.41, 5.74) is 2.81. The molecule has 0 unspecified atom stereocenters. The van der Waals surface area contributed by atoms with Crippen LogP contribution in [0.4, 0.5) is 0 Å². The summed E-state index contributed by atoms with van der Waals surface area (Å²) >= 11 is 0. The summed E-state index contributed by atoms with van der Waals surface area (Å²) in [6.45, 7) is 4.12. The second-order valence-corrected chi connectivity index (χ2v) is 5.36. The van der Waals surface area contributed by atoms with Gasteiger partial charge >= 0.3 is 0 Å². The Bertz CT molecular complexity index is 710. The molecule has 0 aliphatic carbocycles. The van der Waals surface area contributed by atoms with Gasteiger partial charge in [0.2, 0.25) is 0 Å². The first-order chi connectivity index (χ1) is 11.1. The van der Waals surface area contributed by atoms with E-state index in [1.165, 1.54) is 0 Å². The number of hydrogen-bond acceptors (Lipinski definition) is 3. The van der Waals surface area contributed by atoms with E-state index in [0.717, 1.165) is 30.2 Å². The monoisotopic (exact) mass is 310 g/mol. The third kappa shape index (κ3) is 4.85. The van der Waals surface area contributed by atoms with Crippen molar-refractivity contribution in [1.82, 2.24) is 20.0 Å². The fraction of sp³-hybridized carbons (Fsp3) is 0.353. The molecule has 0 saturated heterocycles. The van der Waals surface area contributed by atoms with E-state index in [1.54, 1.807) is 10.7 Å². The second-order valence-electron chi connectivity index (χ2n) is 5.36. The maximum atomic E-state index is 8.96. The van der Waals surface area contributed by atoms with Gasteiger partial charge in [-0.2, -0.15) is 10.4 Å². The molecule has 120 valence electrons. The smallest absolute Gasteiger partial charge is 0.194 e. The van der Waals surface area contributed by atoms with E-state index >= 15 is 0 Å². The number of aliphatic imine (C=N–C) groups is 1. The number of hydrogen-bond donors (Lipinski definition) is 1. The molecule has 1 N–H and O–H groups in total. The van der Waals surface area contributed by atoms with Crippen LogP contribution in [0.2, 0.25) is 0 Å². The van der Waals surface area contributed by atoms with Crippen LogP contribution in [0.25, 0.3) is 0 Å². The molecule has 1 aromatic heterocycles. The number of guanidine groups is 1. The average Bonchev–Trinajstić information content (AvgIpc) is 2.96. The first kappa shape index (κ1) is 16.6. The van der Waals surface area contributed by atoms with E-state index < -0.39 is 0 Å². The SMILES string of the molecule is CCNC(=NCc1cccc(C#N)c1)N(C)Cc1cnn(C)c1. The van der Waals surface area contributed by atoms with Gasteiger partial charge in [0, 0.05) is 38.9 Å². The molecular weight excluding hydrogens is 288 g/mol. The number of benzene rings is 1. The molecule has 0 fully saturated rings. The van der Waals surface area contributed by atoms with E-state index in [9.17, 15) is 0 Å². The first-order valence-corrected chi connectivity index (χ1v) is 7.58. The molecule has 0 bridgehead atoms. The second kappa shape index (κ2) is 7.99. The lowest BCUT2D eigenvalue weighted by Gasteiger charge is -2.21. The highest BCUT2D eigenvalue weighted by Gasteiger charge is 2.07. The van der Waals surface area contributed by atoms with Crippen molar-refractivity contribution in [2.45, 2.75) is 20.0 Å². The van der Waals surface area contributed by atoms with Gasteiger partial charge in [0.25, 0.3) is 0 Å². The Balaban J connectivity index is 2.08. The molecule has 0 radical (unpaired) electrons. The maximum absolute atomic E-state index is 8.96. The topological polar surface area (TPSA) is 69.2 Å². The number of aromatic nitrogens is 2. The summed E-state index contributed by atoms with van der Waals surface area (Å²) in [5, 5.41) is 16.4. The van der Waals surface area contributed by atoms with E-state index in [0.29, 0.717) is 12.1 Å². The summed E-state index contributed by atoms with van der Waals surface area (Å²) in [6, 6.07) is 9.69. The van der Waals surface area contributed by atoms with Crippen molar-refractivity contribution in [2.24, 2.45) is 12.0 Å². The Morgan fingerprint density at radius 3 is 2.91 bits per heavy atom. The van der Waals surface area contributed by atoms with Gasteiger partial charge in [-0.25, -0.2) is 4.99 Å². The largest absolute Gasteiger partial charge is 0.357 e. The highest BCUT2D eigenvalue weighted by atomic mass is 15.3. The van der Waals surface area contributed by atoms with Crippen LogP contribution in [0.5, 0.6) is 0 Å². The number of nitrogens with zero attached hydrogens (tertiary/aromatic N) is 5. The van der Waals surface area contributed by atoms with Crippen LogP contribution in [0.3, 0.4) is 0 Å². The highest BCUT2D eigenvalue weighted by Crippen LogP contribution is 2.07. The van der Waals surface area contributed by atoms with Crippen molar-refractivity contribution >= 4 is 5.96 Å². The van der Waals surface area contributed by atoms with Crippen molar-refractivity contribution in [1.29, 1.82) is 5.26 Å². The number of nitriles is 1. The molecule has 1 heterocycles. The van der Waals surface area contributed by atoms with E-state index in [4.69, 9.17) is 5.26 Å². The Hall–Kier alpha value is -2.81. The van der Waals surface area contributed by atoms with Gasteiger partial charge in [-0.3, -0.25) is 4.68 Å². The Labute approximate surface area is 137 Å². The first-order valence-electron chi connectivity index (χ1n) is 7.58. The molecular formula is C17H22N6. The Morgan fingerprint density at radius 2 is 2.26 bits per heavy atom. The van der Waals surface area contributed by atoms with Gasteiger partial charge in [-0.05, 0) is 24.6 Å². The normalized spacial score (nSPS) is 11.1. The zero-order chi connectivity index (χ0) is 16.7. The van der Waals surface area contributed by atoms with Crippen molar-refractivity contribution < 1.29 is 0 Å². The van der Waals surface area contributed by atoms with Crippen LogP contribution in [0.15, 0.2) is 41.7 Å². The third-order valence-corrected chi connectivity index (χ3v) is 3.34. The maximum Gasteiger partial charge on any atom is 0.194 e. The Kier molecular flexibility index (Phi) is 5.75. The summed E-state index contributed by atoms with van der Waals surface area (Å²) in [6.07, 6.45) is 3.85. The van der Waals surface area contributed by atoms with Crippen molar-refractivity contribution in [3.63, 3.8) is 0 Å². The average molecular weight is 310 g/mol. The fourth-order valence-electron chi connectivity index (χ4n) is 2.28. The molecule has 1 aromatic carbocycles. The van der Waals surface area contributed by atoms with Gasteiger partial charge in [0.05, 0.1) is 24.4 Å². The molecule has 0 amide bonds. The third-order valence-electron chi connectivity index (χ3n) is 3.34. The van der Waals surface area contributed by atoms with Gasteiger partial charge in [-0.1, -0.05) is 12.1 Å². The molecule has 0 spiro atoms. The molecule has 0 aliphatic rings. The van der Waals surface area contributed by atoms with Crippen molar-refractivity contribution in [3.8, 4) is 6.07 Å². The number of nitrogens with one attached hydrogen (secondary N) is 1. The lowest BCUT2D eigenvalue weighted by Crippen LogP contribution is -2.38. The summed E-state index contributed by atoms with van der Waals surface area (Å²) in [7, 11) is 3.91. The quantitative estimate of drug-likeness (QED) is 0.676. The zero-order valence-corrected chi connectivity index (χ0v) is 13.8. The van der Waals surface area contributed by atoms with Crippen LogP contribution in [0, 0.1) is 11.3 Å². The lowest BCUT2D eigenvalue weighted by molar-refractivity contribution is 0.476. The van der Waals surface area contributed by atoms with Crippen LogP contribution in [-0.2, 0) is 20.1 Å². The van der Waals surface area contributed by atoms with E-state index in [2.05, 4.69) is 26.4 Å². The molecule has 0 aliphatic heterocycles. The van der Waals surface area contributed by atoms with Gasteiger partial charge in [0.1, 0.15) is 0 Å². The van der Waals surface area contributed by atoms with Crippen molar-refractivity contribution in [3.05, 3.63) is 53.3 Å². The highest BCUT2D eigenvalue weighted by molar-refractivity contribution is 5.79. The van der Waals surface area contributed by atoms with Crippen LogP contribution in [-0.4, -0.2) is 34.2 Å². The fourth-order valence-corrected chi connectivity index (χ4v) is 2.28. The summed E-state index contributed by atoms with van der Waals surface area (Å²) in [4.78, 5) is 6.72. The molecule has 2 rings (SSSR count). The van der Waals surface area contributed by atoms with Gasteiger partial charge in [0.15, 0.2) is 5.96 Å². The minimum atomic E-state index is 0.537. The minimum absolute atomic E-state index is 0.537. The van der Waals surface area contributed by atoms with E-state index in [1.807, 2.05) is 51.6 Å². The van der Waals surface area contributed by atoms with Gasteiger partial charge in [-0.15, -0.1) is 0 Å².